The Morgan fingerprint density at radius 2 is 2.17 bits per heavy atom. The summed E-state index contributed by atoms with van der Waals surface area (Å²) in [6.45, 7) is 0.719. The van der Waals surface area contributed by atoms with Gasteiger partial charge in [-0.1, -0.05) is 25.0 Å². The summed E-state index contributed by atoms with van der Waals surface area (Å²) in [7, 11) is 1.87. The summed E-state index contributed by atoms with van der Waals surface area (Å²) < 4.78 is 15.4. The fourth-order valence-corrected chi connectivity index (χ4v) is 3.40. The van der Waals surface area contributed by atoms with Crippen LogP contribution in [0.4, 0.5) is 4.39 Å². The summed E-state index contributed by atoms with van der Waals surface area (Å²) in [6.07, 6.45) is 7.70. The molecule has 1 aliphatic carbocycles. The number of nitrogens with zero attached hydrogens (tertiary/aromatic N) is 2. The van der Waals surface area contributed by atoms with E-state index in [9.17, 15) is 9.50 Å². The van der Waals surface area contributed by atoms with Crippen LogP contribution in [0.25, 0.3) is 0 Å². The van der Waals surface area contributed by atoms with Crippen LogP contribution >= 0.6 is 0 Å². The lowest BCUT2D eigenvalue weighted by Gasteiger charge is -2.29. The van der Waals surface area contributed by atoms with E-state index >= 15 is 0 Å². The maximum Gasteiger partial charge on any atom is 0.123 e. The van der Waals surface area contributed by atoms with Crippen molar-refractivity contribution in [3.63, 3.8) is 0 Å². The van der Waals surface area contributed by atoms with Crippen molar-refractivity contribution in [1.82, 2.24) is 15.1 Å². The standard InChI is InChI=1S/C18H24FN3O/c1-22-12-15(11-21-22)18(13-6-4-7-16(19)9-13)20-10-14-5-2-3-8-17(14)23/h4,6-7,9,11-12,14,17-18,20,23H,2-3,5,8,10H2,1H3. The molecule has 3 rings (SSSR count). The van der Waals surface area contributed by atoms with E-state index in [1.807, 2.05) is 19.3 Å². The van der Waals surface area contributed by atoms with Crippen LogP contribution in [-0.2, 0) is 7.05 Å². The molecular formula is C18H24FN3O. The molecule has 1 fully saturated rings. The van der Waals surface area contributed by atoms with Crippen LogP contribution in [0, 0.1) is 11.7 Å². The SMILES string of the molecule is Cn1cc(C(NCC2CCCCC2O)c2cccc(F)c2)cn1. The zero-order chi connectivity index (χ0) is 16.2. The molecule has 124 valence electrons. The van der Waals surface area contributed by atoms with Crippen molar-refractivity contribution in [1.29, 1.82) is 0 Å². The Kier molecular flexibility index (Phi) is 5.08. The quantitative estimate of drug-likeness (QED) is 0.891. The van der Waals surface area contributed by atoms with Gasteiger partial charge in [0, 0.05) is 25.4 Å². The molecule has 3 unspecified atom stereocenters. The molecule has 3 atom stereocenters. The van der Waals surface area contributed by atoms with Crippen LogP contribution in [0.5, 0.6) is 0 Å². The predicted molar refractivity (Wildman–Crippen MR) is 87.4 cm³/mol. The Morgan fingerprint density at radius 3 is 2.87 bits per heavy atom. The molecule has 0 radical (unpaired) electrons. The van der Waals surface area contributed by atoms with E-state index in [0.29, 0.717) is 0 Å². The maximum atomic E-state index is 13.6. The zero-order valence-electron chi connectivity index (χ0n) is 13.5. The number of nitrogens with one attached hydrogen (secondary N) is 1. The summed E-state index contributed by atoms with van der Waals surface area (Å²) in [5.41, 5.74) is 1.88. The number of aryl methyl sites for hydroxylation is 1. The average Bonchev–Trinajstić information content (AvgIpc) is 2.96. The minimum atomic E-state index is -0.240. The molecule has 2 aromatic rings. The summed E-state index contributed by atoms with van der Waals surface area (Å²) in [5.74, 6) is 0.0207. The summed E-state index contributed by atoms with van der Waals surface area (Å²) >= 11 is 0. The first kappa shape index (κ1) is 16.1. The Hall–Kier alpha value is -1.72. The van der Waals surface area contributed by atoms with Gasteiger partial charge in [0.1, 0.15) is 5.82 Å². The molecule has 0 amide bonds. The van der Waals surface area contributed by atoms with Crippen molar-refractivity contribution in [2.24, 2.45) is 13.0 Å². The normalized spacial score (nSPS) is 22.9. The Bertz CT molecular complexity index is 643. The Morgan fingerprint density at radius 1 is 1.35 bits per heavy atom. The van der Waals surface area contributed by atoms with Crippen molar-refractivity contribution in [3.05, 3.63) is 53.6 Å². The Labute approximate surface area is 136 Å². The molecule has 1 saturated carbocycles. The van der Waals surface area contributed by atoms with E-state index in [1.54, 1.807) is 23.0 Å². The van der Waals surface area contributed by atoms with Crippen LogP contribution in [0.3, 0.4) is 0 Å². The second-order valence-corrected chi connectivity index (χ2v) is 6.46. The van der Waals surface area contributed by atoms with Gasteiger partial charge in [-0.15, -0.1) is 0 Å². The first-order valence-corrected chi connectivity index (χ1v) is 8.29. The smallest absolute Gasteiger partial charge is 0.123 e. The van der Waals surface area contributed by atoms with Crippen molar-refractivity contribution in [3.8, 4) is 0 Å². The molecular weight excluding hydrogens is 293 g/mol. The number of rotatable bonds is 5. The first-order chi connectivity index (χ1) is 11.1. The van der Waals surface area contributed by atoms with Gasteiger partial charge in [0.05, 0.1) is 18.3 Å². The number of aromatic nitrogens is 2. The van der Waals surface area contributed by atoms with Gasteiger partial charge in [0.2, 0.25) is 0 Å². The number of aliphatic hydroxyl groups is 1. The molecule has 1 aromatic carbocycles. The van der Waals surface area contributed by atoms with E-state index in [2.05, 4.69) is 10.4 Å². The fraction of sp³-hybridized carbons (Fsp3) is 0.500. The molecule has 0 aliphatic heterocycles. The molecule has 1 aliphatic rings. The molecule has 1 aromatic heterocycles. The highest BCUT2D eigenvalue weighted by molar-refractivity contribution is 5.29. The third-order valence-electron chi connectivity index (χ3n) is 4.69. The third-order valence-corrected chi connectivity index (χ3v) is 4.69. The van der Waals surface area contributed by atoms with Crippen molar-refractivity contribution < 1.29 is 9.50 Å². The molecule has 1 heterocycles. The predicted octanol–water partition coefficient (Wildman–Crippen LogP) is 2.79. The lowest BCUT2D eigenvalue weighted by molar-refractivity contribution is 0.0687. The third kappa shape index (κ3) is 3.98. The van der Waals surface area contributed by atoms with E-state index in [-0.39, 0.29) is 23.9 Å². The molecule has 2 N–H and O–H groups in total. The van der Waals surface area contributed by atoms with Gasteiger partial charge >= 0.3 is 0 Å². The van der Waals surface area contributed by atoms with Crippen LogP contribution < -0.4 is 5.32 Å². The highest BCUT2D eigenvalue weighted by atomic mass is 19.1. The van der Waals surface area contributed by atoms with Crippen molar-refractivity contribution in [2.45, 2.75) is 37.8 Å². The van der Waals surface area contributed by atoms with Crippen LogP contribution in [0.1, 0.15) is 42.9 Å². The largest absolute Gasteiger partial charge is 0.393 e. The van der Waals surface area contributed by atoms with Gasteiger partial charge in [-0.2, -0.15) is 5.10 Å². The van der Waals surface area contributed by atoms with Crippen LogP contribution in [0.2, 0.25) is 0 Å². The minimum Gasteiger partial charge on any atom is -0.393 e. The van der Waals surface area contributed by atoms with Gasteiger partial charge in [-0.05, 0) is 36.5 Å². The average molecular weight is 317 g/mol. The van der Waals surface area contributed by atoms with Crippen LogP contribution in [0.15, 0.2) is 36.7 Å². The Balaban J connectivity index is 1.78. The zero-order valence-corrected chi connectivity index (χ0v) is 13.5. The first-order valence-electron chi connectivity index (χ1n) is 8.29. The van der Waals surface area contributed by atoms with Gasteiger partial charge in [-0.3, -0.25) is 4.68 Å². The van der Waals surface area contributed by atoms with E-state index < -0.39 is 0 Å². The summed E-state index contributed by atoms with van der Waals surface area (Å²) in [6, 6.07) is 6.54. The molecule has 0 saturated heterocycles. The van der Waals surface area contributed by atoms with Gasteiger partial charge < -0.3 is 10.4 Å². The molecule has 0 spiro atoms. The molecule has 4 nitrogen and oxygen atoms in total. The topological polar surface area (TPSA) is 50.1 Å². The number of hydrogen-bond acceptors (Lipinski definition) is 3. The fourth-order valence-electron chi connectivity index (χ4n) is 3.40. The van der Waals surface area contributed by atoms with Gasteiger partial charge in [-0.25, -0.2) is 4.39 Å². The van der Waals surface area contributed by atoms with Crippen molar-refractivity contribution >= 4 is 0 Å². The van der Waals surface area contributed by atoms with Crippen LogP contribution in [-0.4, -0.2) is 27.5 Å². The van der Waals surface area contributed by atoms with E-state index in [1.165, 1.54) is 12.5 Å². The molecule has 5 heteroatoms. The van der Waals surface area contributed by atoms with E-state index in [4.69, 9.17) is 0 Å². The van der Waals surface area contributed by atoms with Gasteiger partial charge in [0.25, 0.3) is 0 Å². The number of aliphatic hydroxyl groups excluding tert-OH is 1. The second-order valence-electron chi connectivity index (χ2n) is 6.46. The molecule has 0 bridgehead atoms. The number of hydrogen-bond donors (Lipinski definition) is 2. The van der Waals surface area contributed by atoms with E-state index in [0.717, 1.165) is 36.9 Å². The highest BCUT2D eigenvalue weighted by Gasteiger charge is 2.25. The lowest BCUT2D eigenvalue weighted by Crippen LogP contribution is -2.35. The lowest BCUT2D eigenvalue weighted by atomic mass is 9.86. The molecule has 23 heavy (non-hydrogen) atoms. The second kappa shape index (κ2) is 7.23. The minimum absolute atomic E-state index is 0.117. The van der Waals surface area contributed by atoms with Gasteiger partial charge in [0.15, 0.2) is 0 Å². The number of benzene rings is 1. The summed E-state index contributed by atoms with van der Waals surface area (Å²) in [5, 5.41) is 17.9. The highest BCUT2D eigenvalue weighted by Crippen LogP contribution is 2.27. The monoisotopic (exact) mass is 317 g/mol. The number of halogens is 1. The van der Waals surface area contributed by atoms with Crippen molar-refractivity contribution in [2.75, 3.05) is 6.54 Å². The summed E-state index contributed by atoms with van der Waals surface area (Å²) in [4.78, 5) is 0. The maximum absolute atomic E-state index is 13.6.